The van der Waals surface area contributed by atoms with E-state index < -0.39 is 0 Å². The third-order valence-electron chi connectivity index (χ3n) is 5.91. The van der Waals surface area contributed by atoms with Crippen LogP contribution in [0.5, 0.6) is 0 Å². The van der Waals surface area contributed by atoms with Gasteiger partial charge in [-0.05, 0) is 42.9 Å². The molecule has 2 saturated heterocycles. The third kappa shape index (κ3) is 4.67. The molecule has 2 unspecified atom stereocenters. The predicted molar refractivity (Wildman–Crippen MR) is 110 cm³/mol. The van der Waals surface area contributed by atoms with Crippen LogP contribution >= 0.6 is 0 Å². The zero-order chi connectivity index (χ0) is 18.5. The minimum absolute atomic E-state index is 0.0263. The Hall–Kier alpha value is -2.39. The number of fused-ring (bicyclic) bond motifs is 2. The molecule has 2 aliphatic heterocycles. The lowest BCUT2D eigenvalue weighted by atomic mass is 9.81. The Bertz CT molecular complexity index is 757. The van der Waals surface area contributed by atoms with Crippen molar-refractivity contribution >= 4 is 12.0 Å². The Balaban J connectivity index is 1.35. The monoisotopic (exact) mass is 360 g/mol. The molecule has 0 spiro atoms. The second-order valence-electron chi connectivity index (χ2n) is 7.82. The highest BCUT2D eigenvalue weighted by Crippen LogP contribution is 2.35. The van der Waals surface area contributed by atoms with Crippen LogP contribution in [0.15, 0.2) is 66.7 Å². The summed E-state index contributed by atoms with van der Waals surface area (Å²) in [6.07, 6.45) is 9.49. The molecule has 2 aromatic rings. The predicted octanol–water partition coefficient (Wildman–Crippen LogP) is 4.40. The van der Waals surface area contributed by atoms with Gasteiger partial charge < -0.3 is 5.32 Å². The van der Waals surface area contributed by atoms with Crippen LogP contribution in [-0.4, -0.2) is 28.9 Å². The van der Waals surface area contributed by atoms with E-state index in [1.165, 1.54) is 24.8 Å². The highest BCUT2D eigenvalue weighted by Gasteiger charge is 2.38. The number of rotatable bonds is 5. The quantitative estimate of drug-likeness (QED) is 0.802. The Labute approximate surface area is 162 Å². The first-order valence-electron chi connectivity index (χ1n) is 10.1. The van der Waals surface area contributed by atoms with Crippen molar-refractivity contribution in [3.8, 4) is 0 Å². The maximum atomic E-state index is 12.4. The van der Waals surface area contributed by atoms with E-state index in [0.29, 0.717) is 18.1 Å². The molecule has 2 bridgehead atoms. The maximum absolute atomic E-state index is 12.4. The Kier molecular flexibility index (Phi) is 5.69. The van der Waals surface area contributed by atoms with E-state index in [-0.39, 0.29) is 5.91 Å². The van der Waals surface area contributed by atoms with Gasteiger partial charge in [0.15, 0.2) is 0 Å². The Morgan fingerprint density at radius 3 is 2.26 bits per heavy atom. The second kappa shape index (κ2) is 8.53. The lowest BCUT2D eigenvalue weighted by molar-refractivity contribution is -0.118. The maximum Gasteiger partial charge on any atom is 0.244 e. The first kappa shape index (κ1) is 18.0. The van der Waals surface area contributed by atoms with Crippen molar-refractivity contribution in [2.24, 2.45) is 0 Å². The topological polar surface area (TPSA) is 32.3 Å². The molecular formula is C24H28N2O. The summed E-state index contributed by atoms with van der Waals surface area (Å²) in [4.78, 5) is 15.0. The van der Waals surface area contributed by atoms with Crippen LogP contribution in [0.3, 0.4) is 0 Å². The average molecular weight is 361 g/mol. The van der Waals surface area contributed by atoms with Crippen LogP contribution in [0.25, 0.3) is 6.08 Å². The summed E-state index contributed by atoms with van der Waals surface area (Å²) in [6, 6.07) is 22.2. The number of piperidine rings is 2. The molecule has 0 saturated carbocycles. The number of nitrogens with zero attached hydrogens (tertiary/aromatic N) is 1. The molecule has 2 fully saturated rings. The van der Waals surface area contributed by atoms with Crippen molar-refractivity contribution in [3.63, 3.8) is 0 Å². The average Bonchev–Trinajstić information content (AvgIpc) is 2.69. The fourth-order valence-electron chi connectivity index (χ4n) is 4.63. The molecule has 0 radical (unpaired) electrons. The molecule has 1 amide bonds. The molecule has 2 atom stereocenters. The summed E-state index contributed by atoms with van der Waals surface area (Å²) >= 11 is 0. The van der Waals surface area contributed by atoms with Gasteiger partial charge in [0, 0.05) is 30.7 Å². The number of hydrogen-bond acceptors (Lipinski definition) is 2. The van der Waals surface area contributed by atoms with Crippen molar-refractivity contribution in [1.29, 1.82) is 0 Å². The van der Waals surface area contributed by atoms with Crippen LogP contribution in [-0.2, 0) is 11.3 Å². The molecule has 140 valence electrons. The van der Waals surface area contributed by atoms with Gasteiger partial charge in [-0.1, -0.05) is 67.1 Å². The number of carbonyl (C=O) groups excluding carboxylic acids is 1. The smallest absolute Gasteiger partial charge is 0.244 e. The summed E-state index contributed by atoms with van der Waals surface area (Å²) in [5.41, 5.74) is 2.45. The first-order valence-corrected chi connectivity index (χ1v) is 10.1. The van der Waals surface area contributed by atoms with Gasteiger partial charge in [-0.25, -0.2) is 0 Å². The van der Waals surface area contributed by atoms with Crippen LogP contribution in [0.4, 0.5) is 0 Å². The molecule has 3 heteroatoms. The number of nitrogens with one attached hydrogen (secondary N) is 1. The fourth-order valence-corrected chi connectivity index (χ4v) is 4.63. The molecule has 0 aliphatic carbocycles. The number of carbonyl (C=O) groups is 1. The first-order chi connectivity index (χ1) is 13.3. The van der Waals surface area contributed by atoms with Crippen LogP contribution in [0, 0.1) is 0 Å². The van der Waals surface area contributed by atoms with E-state index in [1.807, 2.05) is 36.4 Å². The van der Waals surface area contributed by atoms with E-state index >= 15 is 0 Å². The molecule has 2 aliphatic rings. The molecule has 27 heavy (non-hydrogen) atoms. The highest BCUT2D eigenvalue weighted by molar-refractivity contribution is 5.91. The lowest BCUT2D eigenvalue weighted by Gasteiger charge is -2.49. The van der Waals surface area contributed by atoms with E-state index in [9.17, 15) is 4.79 Å². The van der Waals surface area contributed by atoms with Crippen molar-refractivity contribution < 1.29 is 4.79 Å². The highest BCUT2D eigenvalue weighted by atomic mass is 16.1. The van der Waals surface area contributed by atoms with Crippen molar-refractivity contribution in [2.75, 3.05) is 0 Å². The molecule has 3 nitrogen and oxygen atoms in total. The van der Waals surface area contributed by atoms with Crippen molar-refractivity contribution in [3.05, 3.63) is 77.9 Å². The minimum Gasteiger partial charge on any atom is -0.350 e. The Morgan fingerprint density at radius 1 is 0.963 bits per heavy atom. The molecule has 2 heterocycles. The summed E-state index contributed by atoms with van der Waals surface area (Å²) in [7, 11) is 0. The van der Waals surface area contributed by atoms with Crippen LogP contribution in [0.2, 0.25) is 0 Å². The van der Waals surface area contributed by atoms with E-state index in [4.69, 9.17) is 0 Å². The zero-order valence-corrected chi connectivity index (χ0v) is 15.8. The number of amides is 1. The van der Waals surface area contributed by atoms with Gasteiger partial charge in [0.25, 0.3) is 0 Å². The summed E-state index contributed by atoms with van der Waals surface area (Å²) in [5.74, 6) is 0.0263. The zero-order valence-electron chi connectivity index (χ0n) is 15.8. The largest absolute Gasteiger partial charge is 0.350 e. The van der Waals surface area contributed by atoms with E-state index in [0.717, 1.165) is 24.9 Å². The van der Waals surface area contributed by atoms with Crippen LogP contribution < -0.4 is 5.32 Å². The van der Waals surface area contributed by atoms with Gasteiger partial charge in [-0.3, -0.25) is 9.69 Å². The molecule has 0 aromatic heterocycles. The summed E-state index contributed by atoms with van der Waals surface area (Å²) < 4.78 is 0. The van der Waals surface area contributed by atoms with Crippen LogP contribution in [0.1, 0.15) is 43.2 Å². The van der Waals surface area contributed by atoms with Gasteiger partial charge in [-0.2, -0.15) is 0 Å². The molecule has 1 N–H and O–H groups in total. The standard InChI is InChI=1S/C24H28N2O/c27-24(15-14-19-8-3-1-4-9-19)25-21-16-22-12-7-13-23(17-21)26(22)18-20-10-5-2-6-11-20/h1-6,8-11,14-15,21-23H,7,12-13,16-18H2,(H,25,27)/b15-14+. The number of benzene rings is 2. The number of hydrogen-bond donors (Lipinski definition) is 1. The SMILES string of the molecule is O=C(/C=C/c1ccccc1)NC1CC2CCCC(C1)N2Cc1ccccc1. The molecule has 4 rings (SSSR count). The van der Waals surface area contributed by atoms with Crippen molar-refractivity contribution in [1.82, 2.24) is 10.2 Å². The third-order valence-corrected chi connectivity index (χ3v) is 5.91. The normalized spacial score (nSPS) is 25.4. The van der Waals surface area contributed by atoms with Gasteiger partial charge in [0.1, 0.15) is 0 Å². The lowest BCUT2D eigenvalue weighted by Crippen LogP contribution is -2.56. The van der Waals surface area contributed by atoms with E-state index in [1.54, 1.807) is 6.08 Å². The summed E-state index contributed by atoms with van der Waals surface area (Å²) in [5, 5.41) is 3.25. The Morgan fingerprint density at radius 2 is 1.59 bits per heavy atom. The fraction of sp³-hybridized carbons (Fsp3) is 0.375. The van der Waals surface area contributed by atoms with Crippen molar-refractivity contribution in [2.45, 2.75) is 56.8 Å². The minimum atomic E-state index is 0.0263. The second-order valence-corrected chi connectivity index (χ2v) is 7.82. The van der Waals surface area contributed by atoms with Gasteiger partial charge >= 0.3 is 0 Å². The van der Waals surface area contributed by atoms with Gasteiger partial charge in [0.2, 0.25) is 5.91 Å². The van der Waals surface area contributed by atoms with E-state index in [2.05, 4.69) is 40.5 Å². The van der Waals surface area contributed by atoms with Gasteiger partial charge in [0.05, 0.1) is 0 Å². The summed E-state index contributed by atoms with van der Waals surface area (Å²) in [6.45, 7) is 1.03. The van der Waals surface area contributed by atoms with Gasteiger partial charge in [-0.15, -0.1) is 0 Å². The molecule has 2 aromatic carbocycles. The molecular weight excluding hydrogens is 332 g/mol.